The van der Waals surface area contributed by atoms with Gasteiger partial charge in [0.05, 0.1) is 5.69 Å². The molecule has 0 saturated heterocycles. The Morgan fingerprint density at radius 2 is 1.68 bits per heavy atom. The van der Waals surface area contributed by atoms with Crippen molar-refractivity contribution >= 4 is 37.5 Å². The van der Waals surface area contributed by atoms with E-state index in [9.17, 15) is 8.78 Å². The lowest BCUT2D eigenvalue weighted by Crippen LogP contribution is -2.03. The van der Waals surface area contributed by atoms with Crippen molar-refractivity contribution < 1.29 is 8.78 Å². The fraction of sp³-hybridized carbons (Fsp3) is 0.143. The third kappa shape index (κ3) is 3.54. The summed E-state index contributed by atoms with van der Waals surface area (Å²) in [4.78, 5) is 0. The topological polar surface area (TPSA) is 12.0 Å². The number of benzene rings is 2. The minimum absolute atomic E-state index is 0.212. The van der Waals surface area contributed by atoms with Crippen LogP contribution in [0.3, 0.4) is 0 Å². The van der Waals surface area contributed by atoms with Crippen LogP contribution >= 0.6 is 31.9 Å². The van der Waals surface area contributed by atoms with E-state index in [1.54, 1.807) is 0 Å². The second-order valence-corrected chi connectivity index (χ2v) is 5.90. The molecule has 0 aromatic heterocycles. The lowest BCUT2D eigenvalue weighted by atomic mass is 10.2. The Kier molecular flexibility index (Phi) is 4.58. The summed E-state index contributed by atoms with van der Waals surface area (Å²) in [6.45, 7) is 2.19. The normalized spacial score (nSPS) is 10.6. The largest absolute Gasteiger partial charge is 0.379 e. The maximum absolute atomic E-state index is 13.5. The lowest BCUT2D eigenvalue weighted by Gasteiger charge is -2.12. The molecule has 5 heteroatoms. The van der Waals surface area contributed by atoms with E-state index in [-0.39, 0.29) is 6.54 Å². The van der Waals surface area contributed by atoms with Gasteiger partial charge in [0.25, 0.3) is 0 Å². The van der Waals surface area contributed by atoms with Crippen molar-refractivity contribution in [3.05, 3.63) is 62.0 Å². The van der Waals surface area contributed by atoms with E-state index in [0.29, 0.717) is 5.56 Å². The lowest BCUT2D eigenvalue weighted by molar-refractivity contribution is 0.587. The second-order valence-electron chi connectivity index (χ2n) is 4.19. The maximum Gasteiger partial charge on any atom is 0.128 e. The fourth-order valence-corrected chi connectivity index (χ4v) is 3.43. The Morgan fingerprint density at radius 1 is 1.05 bits per heavy atom. The van der Waals surface area contributed by atoms with Crippen molar-refractivity contribution in [2.75, 3.05) is 5.32 Å². The number of nitrogens with one attached hydrogen (secondary N) is 1. The zero-order valence-corrected chi connectivity index (χ0v) is 13.3. The molecule has 2 rings (SSSR count). The Morgan fingerprint density at radius 3 is 2.32 bits per heavy atom. The van der Waals surface area contributed by atoms with Crippen molar-refractivity contribution in [3.63, 3.8) is 0 Å². The van der Waals surface area contributed by atoms with E-state index in [4.69, 9.17) is 0 Å². The SMILES string of the molecule is Cc1cc(Br)c(NCc2cc(F)ccc2F)c(Br)c1. The molecule has 100 valence electrons. The third-order valence-corrected chi connectivity index (χ3v) is 3.90. The molecular formula is C14H11Br2F2N. The summed E-state index contributed by atoms with van der Waals surface area (Å²) in [5, 5.41) is 3.09. The molecule has 0 radical (unpaired) electrons. The predicted octanol–water partition coefficient (Wildman–Crippen LogP) is 5.41. The first-order chi connectivity index (χ1) is 8.97. The van der Waals surface area contributed by atoms with E-state index >= 15 is 0 Å². The van der Waals surface area contributed by atoms with Crippen LogP contribution in [0.2, 0.25) is 0 Å². The van der Waals surface area contributed by atoms with Gasteiger partial charge in [0.1, 0.15) is 11.6 Å². The fourth-order valence-electron chi connectivity index (χ4n) is 1.73. The van der Waals surface area contributed by atoms with E-state index in [0.717, 1.165) is 32.3 Å². The molecule has 0 saturated carbocycles. The van der Waals surface area contributed by atoms with Gasteiger partial charge in [-0.25, -0.2) is 8.78 Å². The van der Waals surface area contributed by atoms with E-state index < -0.39 is 11.6 Å². The highest BCUT2D eigenvalue weighted by atomic mass is 79.9. The Labute approximate surface area is 127 Å². The Hall–Kier alpha value is -0.940. The monoisotopic (exact) mass is 389 g/mol. The van der Waals surface area contributed by atoms with Crippen LogP contribution in [0.1, 0.15) is 11.1 Å². The van der Waals surface area contributed by atoms with Crippen LogP contribution in [0.5, 0.6) is 0 Å². The first kappa shape index (κ1) is 14.5. The molecule has 2 aromatic carbocycles. The van der Waals surface area contributed by atoms with Gasteiger partial charge in [0.2, 0.25) is 0 Å². The van der Waals surface area contributed by atoms with Crippen LogP contribution < -0.4 is 5.32 Å². The summed E-state index contributed by atoms with van der Waals surface area (Å²) in [7, 11) is 0. The zero-order chi connectivity index (χ0) is 14.0. The van der Waals surface area contributed by atoms with Gasteiger partial charge < -0.3 is 5.32 Å². The van der Waals surface area contributed by atoms with E-state index in [2.05, 4.69) is 37.2 Å². The molecule has 0 aliphatic rings. The number of hydrogen-bond acceptors (Lipinski definition) is 1. The van der Waals surface area contributed by atoms with Gasteiger partial charge in [-0.15, -0.1) is 0 Å². The summed E-state index contributed by atoms with van der Waals surface area (Å²) in [5.41, 5.74) is 2.20. The van der Waals surface area contributed by atoms with Crippen molar-refractivity contribution in [2.45, 2.75) is 13.5 Å². The van der Waals surface area contributed by atoms with Crippen LogP contribution in [0, 0.1) is 18.6 Å². The third-order valence-electron chi connectivity index (χ3n) is 2.65. The Bertz CT molecular complexity index is 591. The van der Waals surface area contributed by atoms with E-state index in [1.165, 1.54) is 6.07 Å². The first-order valence-corrected chi connectivity index (χ1v) is 7.19. The average molecular weight is 391 g/mol. The summed E-state index contributed by atoms with van der Waals surface area (Å²) < 4.78 is 28.3. The average Bonchev–Trinajstić information content (AvgIpc) is 2.32. The molecule has 1 N–H and O–H groups in total. The minimum Gasteiger partial charge on any atom is -0.379 e. The van der Waals surface area contributed by atoms with Gasteiger partial charge in [-0.05, 0) is 74.7 Å². The van der Waals surface area contributed by atoms with Crippen LogP contribution in [-0.4, -0.2) is 0 Å². The highest BCUT2D eigenvalue weighted by Crippen LogP contribution is 2.32. The van der Waals surface area contributed by atoms with Crippen molar-refractivity contribution in [2.24, 2.45) is 0 Å². The maximum atomic E-state index is 13.5. The van der Waals surface area contributed by atoms with Crippen LogP contribution in [0.25, 0.3) is 0 Å². The minimum atomic E-state index is -0.444. The molecule has 0 unspecified atom stereocenters. The molecule has 0 spiro atoms. The molecule has 0 bridgehead atoms. The first-order valence-electron chi connectivity index (χ1n) is 5.61. The zero-order valence-electron chi connectivity index (χ0n) is 10.1. The van der Waals surface area contributed by atoms with Crippen molar-refractivity contribution in [1.82, 2.24) is 0 Å². The van der Waals surface area contributed by atoms with Crippen LogP contribution in [0.4, 0.5) is 14.5 Å². The highest BCUT2D eigenvalue weighted by Gasteiger charge is 2.08. The summed E-state index contributed by atoms with van der Waals surface area (Å²) in [5.74, 6) is -0.867. The van der Waals surface area contributed by atoms with Gasteiger partial charge in [0.15, 0.2) is 0 Å². The number of rotatable bonds is 3. The molecule has 0 amide bonds. The summed E-state index contributed by atoms with van der Waals surface area (Å²) in [6, 6.07) is 7.34. The number of aryl methyl sites for hydroxylation is 1. The molecule has 0 aliphatic carbocycles. The van der Waals surface area contributed by atoms with Gasteiger partial charge in [-0.3, -0.25) is 0 Å². The molecule has 0 heterocycles. The smallest absolute Gasteiger partial charge is 0.128 e. The molecule has 0 fully saturated rings. The predicted molar refractivity (Wildman–Crippen MR) is 80.3 cm³/mol. The molecule has 0 aliphatic heterocycles. The highest BCUT2D eigenvalue weighted by molar-refractivity contribution is 9.11. The second kappa shape index (κ2) is 6.01. The van der Waals surface area contributed by atoms with Crippen molar-refractivity contribution in [1.29, 1.82) is 0 Å². The van der Waals surface area contributed by atoms with Crippen LogP contribution in [-0.2, 0) is 6.54 Å². The molecule has 1 nitrogen and oxygen atoms in total. The van der Waals surface area contributed by atoms with Crippen molar-refractivity contribution in [3.8, 4) is 0 Å². The standard InChI is InChI=1S/C14H11Br2F2N/c1-8-4-11(15)14(12(16)5-8)19-7-9-6-10(17)2-3-13(9)18/h2-6,19H,7H2,1H3. The molecule has 19 heavy (non-hydrogen) atoms. The molecule has 2 aromatic rings. The Balaban J connectivity index is 2.21. The summed E-state index contributed by atoms with van der Waals surface area (Å²) in [6.07, 6.45) is 0. The number of anilines is 1. The van der Waals surface area contributed by atoms with E-state index in [1.807, 2.05) is 19.1 Å². The van der Waals surface area contributed by atoms with Gasteiger partial charge in [0, 0.05) is 21.1 Å². The quantitative estimate of drug-likeness (QED) is 0.738. The van der Waals surface area contributed by atoms with Crippen LogP contribution in [0.15, 0.2) is 39.3 Å². The number of halogens is 4. The molecular weight excluding hydrogens is 380 g/mol. The van der Waals surface area contributed by atoms with Gasteiger partial charge >= 0.3 is 0 Å². The molecule has 0 atom stereocenters. The van der Waals surface area contributed by atoms with Gasteiger partial charge in [-0.1, -0.05) is 0 Å². The van der Waals surface area contributed by atoms with Gasteiger partial charge in [-0.2, -0.15) is 0 Å². The number of hydrogen-bond donors (Lipinski definition) is 1. The summed E-state index contributed by atoms with van der Waals surface area (Å²) >= 11 is 6.89.